The second-order valence-corrected chi connectivity index (χ2v) is 5.26. The van der Waals surface area contributed by atoms with Crippen LogP contribution in [-0.4, -0.2) is 25.4 Å². The first-order valence-corrected chi connectivity index (χ1v) is 8.46. The first kappa shape index (κ1) is 20.5. The molecule has 6 nitrogen and oxygen atoms in total. The number of ether oxygens (including phenoxy) is 2. The fourth-order valence-electron chi connectivity index (χ4n) is 1.87. The molecule has 22 heavy (non-hydrogen) atoms. The van der Waals surface area contributed by atoms with Gasteiger partial charge in [0.15, 0.2) is 0 Å². The van der Waals surface area contributed by atoms with Gasteiger partial charge in [-0.2, -0.15) is 0 Å². The predicted molar refractivity (Wildman–Crippen MR) is 85.1 cm³/mol. The Labute approximate surface area is 133 Å². The summed E-state index contributed by atoms with van der Waals surface area (Å²) in [5.41, 5.74) is 0. The van der Waals surface area contributed by atoms with E-state index in [0.717, 1.165) is 38.5 Å². The van der Waals surface area contributed by atoms with Gasteiger partial charge in [0.25, 0.3) is 0 Å². The summed E-state index contributed by atoms with van der Waals surface area (Å²) in [4.78, 5) is 22.4. The van der Waals surface area contributed by atoms with Gasteiger partial charge in [-0.25, -0.2) is 9.59 Å². The molecular weight excluding hydrogens is 284 g/mol. The number of unbranched alkanes of at least 4 members (excludes halogenated alkanes) is 8. The Balaban J connectivity index is 3.51. The predicted octanol–water partition coefficient (Wildman–Crippen LogP) is 5.65. The number of nitrogens with zero attached hydrogens (tertiary/aromatic N) is 2. The van der Waals surface area contributed by atoms with Crippen LogP contribution >= 0.6 is 0 Å². The van der Waals surface area contributed by atoms with Crippen molar-refractivity contribution in [1.82, 2.24) is 0 Å². The molecule has 0 spiro atoms. The number of azo groups is 1. The quantitative estimate of drug-likeness (QED) is 0.344. The van der Waals surface area contributed by atoms with Gasteiger partial charge in [0.05, 0.1) is 13.2 Å². The zero-order valence-corrected chi connectivity index (χ0v) is 14.0. The molecule has 0 saturated carbocycles. The molecule has 0 N–H and O–H groups in total. The van der Waals surface area contributed by atoms with Gasteiger partial charge in [-0.1, -0.05) is 75.4 Å². The van der Waals surface area contributed by atoms with Crippen molar-refractivity contribution in [3.63, 3.8) is 0 Å². The molecule has 0 saturated heterocycles. The first-order valence-electron chi connectivity index (χ1n) is 8.46. The van der Waals surface area contributed by atoms with Gasteiger partial charge in [-0.05, 0) is 12.8 Å². The highest BCUT2D eigenvalue weighted by Crippen LogP contribution is 2.04. The molecule has 0 aliphatic carbocycles. The SMILES string of the molecule is CCCCCCCOC(=O)/N=N/C(=O)OCCCCCCC. The number of hydrogen-bond donors (Lipinski definition) is 0. The van der Waals surface area contributed by atoms with Crippen LogP contribution in [0, 0.1) is 0 Å². The van der Waals surface area contributed by atoms with Gasteiger partial charge in [0.1, 0.15) is 0 Å². The molecule has 128 valence electrons. The highest BCUT2D eigenvalue weighted by molar-refractivity contribution is 5.73. The summed E-state index contributed by atoms with van der Waals surface area (Å²) in [5, 5.41) is 6.35. The Morgan fingerprint density at radius 2 is 1.00 bits per heavy atom. The van der Waals surface area contributed by atoms with Gasteiger partial charge in [0, 0.05) is 0 Å². The maximum atomic E-state index is 11.2. The van der Waals surface area contributed by atoms with Crippen molar-refractivity contribution in [2.24, 2.45) is 10.2 Å². The molecule has 0 radical (unpaired) electrons. The fourth-order valence-corrected chi connectivity index (χ4v) is 1.87. The van der Waals surface area contributed by atoms with E-state index in [9.17, 15) is 9.59 Å². The topological polar surface area (TPSA) is 77.3 Å². The third-order valence-corrected chi connectivity index (χ3v) is 3.16. The molecule has 0 aliphatic rings. The van der Waals surface area contributed by atoms with Crippen molar-refractivity contribution >= 4 is 12.2 Å². The fraction of sp³-hybridized carbons (Fsp3) is 0.875. The van der Waals surface area contributed by atoms with E-state index in [-0.39, 0.29) is 0 Å². The summed E-state index contributed by atoms with van der Waals surface area (Å²) >= 11 is 0. The molecule has 0 atom stereocenters. The molecule has 0 fully saturated rings. The first-order chi connectivity index (χ1) is 10.7. The summed E-state index contributed by atoms with van der Waals surface area (Å²) in [6, 6.07) is 0. The molecule has 0 unspecified atom stereocenters. The van der Waals surface area contributed by atoms with Crippen LogP contribution in [0.5, 0.6) is 0 Å². The van der Waals surface area contributed by atoms with E-state index in [1.54, 1.807) is 0 Å². The Hall–Kier alpha value is -1.46. The summed E-state index contributed by atoms with van der Waals surface area (Å²) in [6.45, 7) is 4.91. The van der Waals surface area contributed by atoms with Gasteiger partial charge in [-0.3, -0.25) is 0 Å². The molecular formula is C16H30N2O4. The lowest BCUT2D eigenvalue weighted by molar-refractivity contribution is 0.143. The van der Waals surface area contributed by atoms with Crippen LogP contribution in [0.25, 0.3) is 0 Å². The van der Waals surface area contributed by atoms with Crippen LogP contribution in [0.4, 0.5) is 9.59 Å². The Morgan fingerprint density at radius 1 is 0.636 bits per heavy atom. The van der Waals surface area contributed by atoms with Crippen molar-refractivity contribution in [2.75, 3.05) is 13.2 Å². The zero-order chi connectivity index (χ0) is 16.5. The second-order valence-electron chi connectivity index (χ2n) is 5.26. The van der Waals surface area contributed by atoms with Gasteiger partial charge >= 0.3 is 12.2 Å². The van der Waals surface area contributed by atoms with Gasteiger partial charge in [-0.15, -0.1) is 0 Å². The van der Waals surface area contributed by atoms with Gasteiger partial charge < -0.3 is 9.47 Å². The zero-order valence-electron chi connectivity index (χ0n) is 14.0. The van der Waals surface area contributed by atoms with E-state index < -0.39 is 12.2 Å². The van der Waals surface area contributed by atoms with Crippen LogP contribution in [0.3, 0.4) is 0 Å². The van der Waals surface area contributed by atoms with Crippen LogP contribution in [0.15, 0.2) is 10.2 Å². The summed E-state index contributed by atoms with van der Waals surface area (Å²) < 4.78 is 9.67. The molecule has 0 heterocycles. The minimum atomic E-state index is -0.838. The van der Waals surface area contributed by atoms with E-state index >= 15 is 0 Å². The van der Waals surface area contributed by atoms with E-state index in [2.05, 4.69) is 24.1 Å². The van der Waals surface area contributed by atoms with Crippen LogP contribution < -0.4 is 0 Å². The number of amides is 2. The largest absolute Gasteiger partial charge is 0.452 e. The van der Waals surface area contributed by atoms with E-state index in [0.29, 0.717) is 13.2 Å². The lowest BCUT2D eigenvalue weighted by Gasteiger charge is -2.01. The maximum absolute atomic E-state index is 11.2. The van der Waals surface area contributed by atoms with E-state index in [4.69, 9.17) is 9.47 Å². The average Bonchev–Trinajstić information content (AvgIpc) is 2.52. The highest BCUT2D eigenvalue weighted by atomic mass is 16.6. The van der Waals surface area contributed by atoms with Crippen molar-refractivity contribution in [3.05, 3.63) is 0 Å². The maximum Gasteiger partial charge on any atom is 0.452 e. The minimum absolute atomic E-state index is 0.314. The molecule has 0 aromatic rings. The molecule has 0 aliphatic heterocycles. The van der Waals surface area contributed by atoms with E-state index in [1.807, 2.05) is 0 Å². The van der Waals surface area contributed by atoms with Crippen molar-refractivity contribution in [2.45, 2.75) is 78.1 Å². The van der Waals surface area contributed by atoms with Crippen LogP contribution in [0.2, 0.25) is 0 Å². The number of hydrogen-bond acceptors (Lipinski definition) is 4. The molecule has 0 bridgehead atoms. The third kappa shape index (κ3) is 14.9. The van der Waals surface area contributed by atoms with Crippen molar-refractivity contribution in [1.29, 1.82) is 0 Å². The summed E-state index contributed by atoms with van der Waals surface area (Å²) in [6.07, 6.45) is 9.01. The summed E-state index contributed by atoms with van der Waals surface area (Å²) in [7, 11) is 0. The minimum Gasteiger partial charge on any atom is -0.447 e. The molecule has 6 heteroatoms. The summed E-state index contributed by atoms with van der Waals surface area (Å²) in [5.74, 6) is 0. The van der Waals surface area contributed by atoms with E-state index in [1.165, 1.54) is 25.7 Å². The standard InChI is InChI=1S/C16H30N2O4/c1-3-5-7-9-11-13-21-15(19)17-18-16(20)22-14-12-10-8-6-4-2/h3-14H2,1-2H3/b18-17+. The number of rotatable bonds is 12. The normalized spacial score (nSPS) is 10.8. The molecule has 0 rings (SSSR count). The molecule has 2 amide bonds. The second kappa shape index (κ2) is 15.9. The lowest BCUT2D eigenvalue weighted by atomic mass is 10.2. The monoisotopic (exact) mass is 314 g/mol. The Kier molecular flexibility index (Phi) is 14.9. The number of carbonyl (C=O) groups excluding carboxylic acids is 2. The van der Waals surface area contributed by atoms with Crippen molar-refractivity contribution in [3.8, 4) is 0 Å². The highest BCUT2D eigenvalue weighted by Gasteiger charge is 2.03. The molecule has 0 aromatic heterocycles. The Bertz CT molecular complexity index is 289. The number of carbonyl (C=O) groups is 2. The smallest absolute Gasteiger partial charge is 0.447 e. The lowest BCUT2D eigenvalue weighted by Crippen LogP contribution is -2.03. The van der Waals surface area contributed by atoms with Crippen LogP contribution in [0.1, 0.15) is 78.1 Å². The Morgan fingerprint density at radius 3 is 1.36 bits per heavy atom. The van der Waals surface area contributed by atoms with Crippen molar-refractivity contribution < 1.29 is 19.1 Å². The van der Waals surface area contributed by atoms with Crippen LogP contribution in [-0.2, 0) is 9.47 Å². The van der Waals surface area contributed by atoms with Gasteiger partial charge in [0.2, 0.25) is 0 Å². The molecule has 0 aromatic carbocycles. The average molecular weight is 314 g/mol. The third-order valence-electron chi connectivity index (χ3n) is 3.16.